The van der Waals surface area contributed by atoms with Crippen LogP contribution in [-0.2, 0) is 0 Å². The minimum absolute atomic E-state index is 0.107. The molecule has 0 atom stereocenters. The Morgan fingerprint density at radius 2 is 1.53 bits per heavy atom. The molecule has 0 aliphatic rings. The number of hydrogen-bond donors (Lipinski definition) is 5. The molecule has 0 aliphatic carbocycles. The van der Waals surface area contributed by atoms with Crippen LogP contribution in [0.1, 0.15) is 10.4 Å². The van der Waals surface area contributed by atoms with Crippen LogP contribution in [0.3, 0.4) is 0 Å². The van der Waals surface area contributed by atoms with Crippen molar-refractivity contribution in [3.8, 4) is 23.0 Å². The lowest BCUT2D eigenvalue weighted by Gasteiger charge is -2.04. The van der Waals surface area contributed by atoms with Crippen molar-refractivity contribution in [3.05, 3.63) is 34.0 Å². The van der Waals surface area contributed by atoms with Crippen LogP contribution in [0.4, 0.5) is 0 Å². The number of carboxylic acids is 1. The molecule has 2 aromatic rings. The molecule has 0 unspecified atom stereocenters. The van der Waals surface area contributed by atoms with Gasteiger partial charge < -0.3 is 25.5 Å². The van der Waals surface area contributed by atoms with Gasteiger partial charge in [-0.1, -0.05) is 0 Å². The maximum atomic E-state index is 11.5. The van der Waals surface area contributed by atoms with Gasteiger partial charge in [-0.25, -0.2) is 4.79 Å². The van der Waals surface area contributed by atoms with E-state index < -0.39 is 45.3 Å². The largest absolute Gasteiger partial charge is 0.504 e. The summed E-state index contributed by atoms with van der Waals surface area (Å²) in [7, 11) is 0. The second-order valence-electron chi connectivity index (χ2n) is 3.82. The first-order valence-electron chi connectivity index (χ1n) is 5.01. The lowest BCUT2D eigenvalue weighted by Crippen LogP contribution is -2.00. The SMILES string of the molecule is O=C(O)c1cc(=O)c(O)c2c(O)c(O)c(O)cc2c1. The molecule has 19 heavy (non-hydrogen) atoms. The zero-order valence-corrected chi connectivity index (χ0v) is 9.28. The van der Waals surface area contributed by atoms with E-state index in [1.807, 2.05) is 0 Å². The minimum atomic E-state index is -1.42. The van der Waals surface area contributed by atoms with Gasteiger partial charge in [0.15, 0.2) is 17.2 Å². The fraction of sp³-hybridized carbons (Fsp3) is 0. The molecule has 0 aliphatic heterocycles. The molecule has 5 N–H and O–H groups in total. The van der Waals surface area contributed by atoms with Crippen molar-refractivity contribution in [2.24, 2.45) is 0 Å². The Kier molecular flexibility index (Phi) is 2.67. The van der Waals surface area contributed by atoms with Crippen LogP contribution in [0.2, 0.25) is 0 Å². The second kappa shape index (κ2) is 4.05. The highest BCUT2D eigenvalue weighted by molar-refractivity contribution is 5.99. The quantitative estimate of drug-likeness (QED) is 0.479. The van der Waals surface area contributed by atoms with E-state index in [4.69, 9.17) is 5.11 Å². The molecule has 0 saturated carbocycles. The van der Waals surface area contributed by atoms with Crippen molar-refractivity contribution in [2.45, 2.75) is 0 Å². The van der Waals surface area contributed by atoms with E-state index in [9.17, 15) is 30.0 Å². The Labute approximate surface area is 105 Å². The van der Waals surface area contributed by atoms with Gasteiger partial charge in [0.1, 0.15) is 0 Å². The molecule has 0 radical (unpaired) electrons. The summed E-state index contributed by atoms with van der Waals surface area (Å²) in [5.41, 5.74) is -1.47. The molecule has 0 fully saturated rings. The second-order valence-corrected chi connectivity index (χ2v) is 3.82. The first-order valence-corrected chi connectivity index (χ1v) is 5.01. The van der Waals surface area contributed by atoms with Crippen LogP contribution in [0.25, 0.3) is 10.8 Å². The van der Waals surface area contributed by atoms with Crippen LogP contribution < -0.4 is 5.43 Å². The van der Waals surface area contributed by atoms with Gasteiger partial charge in [-0.05, 0) is 17.5 Å². The molecule has 2 aromatic carbocycles. The van der Waals surface area contributed by atoms with E-state index in [0.29, 0.717) is 6.07 Å². The van der Waals surface area contributed by atoms with E-state index >= 15 is 0 Å². The molecule has 0 spiro atoms. The molecule has 98 valence electrons. The lowest BCUT2D eigenvalue weighted by atomic mass is 10.1. The number of hydrogen-bond acceptors (Lipinski definition) is 6. The van der Waals surface area contributed by atoms with Crippen LogP contribution in [0.15, 0.2) is 23.0 Å². The Morgan fingerprint density at radius 3 is 2.11 bits per heavy atom. The van der Waals surface area contributed by atoms with E-state index in [0.717, 1.165) is 12.1 Å². The summed E-state index contributed by atoms with van der Waals surface area (Å²) in [6.07, 6.45) is 0. The standard InChI is InChI=1S/C12H8O7/c13-6-3-5(12(18)19)1-4-2-7(14)10(16)11(17)8(4)9(6)15/h1-3,14,16-17H,(H,13,15)(H,18,19). The van der Waals surface area contributed by atoms with Crippen molar-refractivity contribution in [2.75, 3.05) is 0 Å². The van der Waals surface area contributed by atoms with Crippen LogP contribution in [0, 0.1) is 0 Å². The van der Waals surface area contributed by atoms with E-state index in [1.54, 1.807) is 0 Å². The van der Waals surface area contributed by atoms with Crippen molar-refractivity contribution in [3.63, 3.8) is 0 Å². The molecule has 7 nitrogen and oxygen atoms in total. The highest BCUT2D eigenvalue weighted by Crippen LogP contribution is 2.43. The summed E-state index contributed by atoms with van der Waals surface area (Å²) in [5, 5.41) is 46.3. The fourth-order valence-corrected chi connectivity index (χ4v) is 1.69. The van der Waals surface area contributed by atoms with E-state index in [1.165, 1.54) is 0 Å². The van der Waals surface area contributed by atoms with Crippen LogP contribution in [-0.4, -0.2) is 31.5 Å². The average molecular weight is 264 g/mol. The Hall–Kier alpha value is -2.96. The summed E-state index contributed by atoms with van der Waals surface area (Å²) in [6.45, 7) is 0. The molecular weight excluding hydrogens is 256 g/mol. The zero-order valence-electron chi connectivity index (χ0n) is 9.28. The van der Waals surface area contributed by atoms with Gasteiger partial charge in [0, 0.05) is 6.07 Å². The lowest BCUT2D eigenvalue weighted by molar-refractivity contribution is 0.0697. The minimum Gasteiger partial charge on any atom is -0.504 e. The molecule has 0 heterocycles. The molecular formula is C12H8O7. The predicted octanol–water partition coefficient (Wildman–Crippen LogP) is 0.721. The maximum absolute atomic E-state index is 11.5. The van der Waals surface area contributed by atoms with Gasteiger partial charge in [0.05, 0.1) is 10.9 Å². The summed E-state index contributed by atoms with van der Waals surface area (Å²) in [6, 6.07) is 2.58. The van der Waals surface area contributed by atoms with Gasteiger partial charge in [-0.2, -0.15) is 0 Å². The fourth-order valence-electron chi connectivity index (χ4n) is 1.69. The first-order chi connectivity index (χ1) is 8.82. The number of phenolic OH excluding ortho intramolecular Hbond substituents is 3. The summed E-state index contributed by atoms with van der Waals surface area (Å²) in [5.74, 6) is -4.86. The highest BCUT2D eigenvalue weighted by atomic mass is 16.4. The number of carboxylic acid groups (broad SMARTS) is 1. The number of aromatic hydroxyl groups is 4. The third-order valence-electron chi connectivity index (χ3n) is 2.60. The normalized spacial score (nSPS) is 10.5. The number of carbonyl (C=O) groups is 1. The predicted molar refractivity (Wildman–Crippen MR) is 63.8 cm³/mol. The summed E-state index contributed by atoms with van der Waals surface area (Å²) < 4.78 is 0. The van der Waals surface area contributed by atoms with Crippen molar-refractivity contribution in [1.29, 1.82) is 0 Å². The summed E-state index contributed by atoms with van der Waals surface area (Å²) >= 11 is 0. The average Bonchev–Trinajstić information content (AvgIpc) is 2.45. The van der Waals surface area contributed by atoms with Crippen molar-refractivity contribution < 1.29 is 30.3 Å². The number of benzene rings is 1. The molecule has 0 amide bonds. The van der Waals surface area contributed by atoms with Gasteiger partial charge in [-0.15, -0.1) is 0 Å². The van der Waals surface area contributed by atoms with Gasteiger partial charge in [0.25, 0.3) is 0 Å². The smallest absolute Gasteiger partial charge is 0.335 e. The summed E-state index contributed by atoms with van der Waals surface area (Å²) in [4.78, 5) is 22.4. The Morgan fingerprint density at radius 1 is 0.895 bits per heavy atom. The number of phenols is 3. The molecule has 0 bridgehead atoms. The van der Waals surface area contributed by atoms with Crippen LogP contribution >= 0.6 is 0 Å². The van der Waals surface area contributed by atoms with Crippen molar-refractivity contribution in [1.82, 2.24) is 0 Å². The zero-order chi connectivity index (χ0) is 14.3. The monoisotopic (exact) mass is 264 g/mol. The van der Waals surface area contributed by atoms with Crippen LogP contribution in [0.5, 0.6) is 23.0 Å². The van der Waals surface area contributed by atoms with E-state index in [-0.39, 0.29) is 5.39 Å². The molecule has 0 saturated heterocycles. The first kappa shape index (κ1) is 12.5. The highest BCUT2D eigenvalue weighted by Gasteiger charge is 2.17. The number of fused-ring (bicyclic) bond motifs is 1. The number of aromatic carboxylic acids is 1. The topological polar surface area (TPSA) is 135 Å². The van der Waals surface area contributed by atoms with Gasteiger partial charge in [0.2, 0.25) is 11.2 Å². The Bertz CT molecular complexity index is 764. The third kappa shape index (κ3) is 1.86. The molecule has 0 aromatic heterocycles. The molecule has 2 rings (SSSR count). The van der Waals surface area contributed by atoms with Gasteiger partial charge in [-0.3, -0.25) is 4.79 Å². The Balaban J connectivity index is 3.12. The third-order valence-corrected chi connectivity index (χ3v) is 2.60. The van der Waals surface area contributed by atoms with E-state index in [2.05, 4.69) is 0 Å². The van der Waals surface area contributed by atoms with Gasteiger partial charge >= 0.3 is 5.97 Å². The maximum Gasteiger partial charge on any atom is 0.335 e. The number of rotatable bonds is 1. The van der Waals surface area contributed by atoms with Crippen molar-refractivity contribution >= 4 is 16.7 Å². The molecule has 7 heteroatoms.